The Hall–Kier alpha value is -3.08. The molecule has 0 aliphatic rings. The van der Waals surface area contributed by atoms with Crippen molar-refractivity contribution in [3.8, 4) is 11.1 Å². The number of para-hydroxylation sites is 2. The average molecular weight is 409 g/mol. The van der Waals surface area contributed by atoms with E-state index in [1.54, 1.807) is 48.5 Å². The summed E-state index contributed by atoms with van der Waals surface area (Å²) in [6.07, 6.45) is 1.43. The molecular formula is C22H14Cl2N2O2. The first kappa shape index (κ1) is 18.3. The molecule has 28 heavy (non-hydrogen) atoms. The first-order valence-electron chi connectivity index (χ1n) is 8.50. The number of benzene rings is 3. The summed E-state index contributed by atoms with van der Waals surface area (Å²) in [5.74, 6) is -0.493. The Morgan fingerprint density at radius 3 is 2.36 bits per heavy atom. The Morgan fingerprint density at radius 1 is 0.893 bits per heavy atom. The normalized spacial score (nSPS) is 10.8. The number of H-pyrrole nitrogens is 1. The van der Waals surface area contributed by atoms with E-state index in [0.717, 1.165) is 11.1 Å². The van der Waals surface area contributed by atoms with Gasteiger partial charge in [0.2, 0.25) is 5.43 Å². The second kappa shape index (κ2) is 7.50. The molecule has 0 aliphatic heterocycles. The van der Waals surface area contributed by atoms with E-state index in [9.17, 15) is 9.59 Å². The summed E-state index contributed by atoms with van der Waals surface area (Å²) < 4.78 is 0. The van der Waals surface area contributed by atoms with Crippen molar-refractivity contribution in [3.05, 3.63) is 98.8 Å². The van der Waals surface area contributed by atoms with Gasteiger partial charge < -0.3 is 10.3 Å². The van der Waals surface area contributed by atoms with Crippen molar-refractivity contribution in [3.63, 3.8) is 0 Å². The van der Waals surface area contributed by atoms with Gasteiger partial charge in [-0.25, -0.2) is 0 Å². The van der Waals surface area contributed by atoms with Gasteiger partial charge in [0, 0.05) is 38.4 Å². The second-order valence-corrected chi connectivity index (χ2v) is 7.11. The molecule has 1 heterocycles. The maximum atomic E-state index is 12.8. The third kappa shape index (κ3) is 3.52. The van der Waals surface area contributed by atoms with E-state index < -0.39 is 5.91 Å². The van der Waals surface area contributed by atoms with Crippen LogP contribution in [0.15, 0.2) is 77.7 Å². The molecular weight excluding hydrogens is 395 g/mol. The zero-order chi connectivity index (χ0) is 19.7. The number of nitrogens with one attached hydrogen (secondary N) is 2. The van der Waals surface area contributed by atoms with Gasteiger partial charge in [0.25, 0.3) is 5.91 Å². The fourth-order valence-electron chi connectivity index (χ4n) is 3.08. The molecule has 138 valence electrons. The lowest BCUT2D eigenvalue weighted by atomic mass is 10.0. The van der Waals surface area contributed by atoms with E-state index in [1.807, 2.05) is 18.2 Å². The van der Waals surface area contributed by atoms with Gasteiger partial charge in [0.05, 0.1) is 0 Å². The highest BCUT2D eigenvalue weighted by Crippen LogP contribution is 2.32. The molecule has 0 saturated heterocycles. The van der Waals surface area contributed by atoms with E-state index in [-0.39, 0.29) is 11.0 Å². The molecule has 4 aromatic rings. The number of hydrogen-bond donors (Lipinski definition) is 2. The van der Waals surface area contributed by atoms with Crippen molar-refractivity contribution in [2.45, 2.75) is 0 Å². The Bertz CT molecular complexity index is 1240. The van der Waals surface area contributed by atoms with Crippen LogP contribution in [0, 0.1) is 0 Å². The quantitative estimate of drug-likeness (QED) is 0.452. The minimum atomic E-state index is -0.493. The van der Waals surface area contributed by atoms with Gasteiger partial charge in [0.15, 0.2) is 0 Å². The van der Waals surface area contributed by atoms with E-state index in [4.69, 9.17) is 23.2 Å². The monoisotopic (exact) mass is 408 g/mol. The van der Waals surface area contributed by atoms with Crippen molar-refractivity contribution in [2.75, 3.05) is 5.32 Å². The summed E-state index contributed by atoms with van der Waals surface area (Å²) in [5, 5.41) is 4.28. The van der Waals surface area contributed by atoms with E-state index in [1.165, 1.54) is 6.20 Å². The van der Waals surface area contributed by atoms with Gasteiger partial charge >= 0.3 is 0 Å². The molecule has 2 N–H and O–H groups in total. The van der Waals surface area contributed by atoms with Gasteiger partial charge in [0.1, 0.15) is 5.56 Å². The predicted octanol–water partition coefficient (Wildman–Crippen LogP) is 5.75. The maximum absolute atomic E-state index is 12.8. The number of carbonyl (C=O) groups is 1. The maximum Gasteiger partial charge on any atom is 0.261 e. The molecule has 0 atom stereocenters. The summed E-state index contributed by atoms with van der Waals surface area (Å²) in [6.45, 7) is 0. The Labute approximate surface area is 170 Å². The number of fused-ring (bicyclic) bond motifs is 1. The third-order valence-corrected chi connectivity index (χ3v) is 4.82. The molecule has 4 nitrogen and oxygen atoms in total. The van der Waals surface area contributed by atoms with Crippen LogP contribution < -0.4 is 10.7 Å². The minimum Gasteiger partial charge on any atom is -0.360 e. The lowest BCUT2D eigenvalue weighted by molar-refractivity contribution is 0.102. The van der Waals surface area contributed by atoms with Crippen LogP contribution in [0.5, 0.6) is 0 Å². The van der Waals surface area contributed by atoms with E-state index in [0.29, 0.717) is 26.6 Å². The largest absolute Gasteiger partial charge is 0.360 e. The Balaban J connectivity index is 1.73. The van der Waals surface area contributed by atoms with Gasteiger partial charge in [-0.3, -0.25) is 9.59 Å². The molecule has 0 spiro atoms. The van der Waals surface area contributed by atoms with Crippen LogP contribution in [0.2, 0.25) is 10.0 Å². The van der Waals surface area contributed by atoms with Crippen LogP contribution >= 0.6 is 23.2 Å². The van der Waals surface area contributed by atoms with Crippen LogP contribution in [0.1, 0.15) is 10.4 Å². The highest BCUT2D eigenvalue weighted by Gasteiger charge is 2.15. The third-order valence-electron chi connectivity index (χ3n) is 4.38. The number of aromatic amines is 1. The molecule has 0 bridgehead atoms. The molecule has 0 unspecified atom stereocenters. The summed E-state index contributed by atoms with van der Waals surface area (Å²) in [6, 6.07) is 19.5. The number of aromatic nitrogens is 1. The molecule has 0 saturated carbocycles. The van der Waals surface area contributed by atoms with Crippen LogP contribution in [0.25, 0.3) is 22.0 Å². The number of pyridine rings is 1. The topological polar surface area (TPSA) is 62.0 Å². The number of halogens is 2. The van der Waals surface area contributed by atoms with Crippen molar-refractivity contribution in [1.82, 2.24) is 4.98 Å². The molecule has 4 rings (SSSR count). The second-order valence-electron chi connectivity index (χ2n) is 6.23. The molecule has 1 amide bonds. The standard InChI is InChI=1S/C22H14Cl2N2O2/c23-14-9-13(10-15(24)11-14)16-5-1-4-8-20(16)26-22(28)18-12-25-19-7-3-2-6-17(19)21(18)27/h1-12H,(H,25,27)(H,26,28). The number of anilines is 1. The Kier molecular flexibility index (Phi) is 4.90. The molecule has 1 aromatic heterocycles. The minimum absolute atomic E-state index is 0.0395. The number of hydrogen-bond acceptors (Lipinski definition) is 2. The average Bonchev–Trinajstić information content (AvgIpc) is 2.68. The molecule has 0 radical (unpaired) electrons. The van der Waals surface area contributed by atoms with Crippen LogP contribution in [-0.4, -0.2) is 10.9 Å². The van der Waals surface area contributed by atoms with E-state index >= 15 is 0 Å². The summed E-state index contributed by atoms with van der Waals surface area (Å²) in [4.78, 5) is 28.5. The fraction of sp³-hybridized carbons (Fsp3) is 0. The SMILES string of the molecule is O=C(Nc1ccccc1-c1cc(Cl)cc(Cl)c1)c1c[nH]c2ccccc2c1=O. The van der Waals surface area contributed by atoms with Crippen LogP contribution in [0.3, 0.4) is 0 Å². The Morgan fingerprint density at radius 2 is 1.57 bits per heavy atom. The molecule has 3 aromatic carbocycles. The summed E-state index contributed by atoms with van der Waals surface area (Å²) >= 11 is 12.2. The lowest BCUT2D eigenvalue weighted by Gasteiger charge is -2.12. The molecule has 0 aliphatic carbocycles. The van der Waals surface area contributed by atoms with Gasteiger partial charge in [-0.2, -0.15) is 0 Å². The van der Waals surface area contributed by atoms with E-state index in [2.05, 4.69) is 10.3 Å². The number of amides is 1. The predicted molar refractivity (Wildman–Crippen MR) is 114 cm³/mol. The van der Waals surface area contributed by atoms with Gasteiger partial charge in [-0.05, 0) is 42.0 Å². The zero-order valence-electron chi connectivity index (χ0n) is 14.5. The summed E-state index contributed by atoms with van der Waals surface area (Å²) in [5.41, 5.74) is 2.46. The number of rotatable bonds is 3. The van der Waals surface area contributed by atoms with Gasteiger partial charge in [-0.1, -0.05) is 53.5 Å². The van der Waals surface area contributed by atoms with Crippen molar-refractivity contribution >= 4 is 45.7 Å². The lowest BCUT2D eigenvalue weighted by Crippen LogP contribution is -2.22. The molecule has 6 heteroatoms. The smallest absolute Gasteiger partial charge is 0.261 e. The fourth-order valence-corrected chi connectivity index (χ4v) is 3.61. The van der Waals surface area contributed by atoms with Crippen molar-refractivity contribution in [2.24, 2.45) is 0 Å². The van der Waals surface area contributed by atoms with Crippen LogP contribution in [0.4, 0.5) is 5.69 Å². The van der Waals surface area contributed by atoms with Crippen molar-refractivity contribution in [1.29, 1.82) is 0 Å². The van der Waals surface area contributed by atoms with Crippen molar-refractivity contribution < 1.29 is 4.79 Å². The number of carbonyl (C=O) groups excluding carboxylic acids is 1. The zero-order valence-corrected chi connectivity index (χ0v) is 16.0. The first-order chi connectivity index (χ1) is 13.5. The summed E-state index contributed by atoms with van der Waals surface area (Å²) in [7, 11) is 0. The van der Waals surface area contributed by atoms with Crippen LogP contribution in [-0.2, 0) is 0 Å². The first-order valence-corrected chi connectivity index (χ1v) is 9.26. The highest BCUT2D eigenvalue weighted by molar-refractivity contribution is 6.35. The molecule has 0 fully saturated rings. The highest BCUT2D eigenvalue weighted by atomic mass is 35.5. The van der Waals surface area contributed by atoms with Gasteiger partial charge in [-0.15, -0.1) is 0 Å².